The van der Waals surface area contributed by atoms with Crippen LogP contribution in [0.15, 0.2) is 22.7 Å². The van der Waals surface area contributed by atoms with Crippen LogP contribution in [0.2, 0.25) is 0 Å². The average Bonchev–Trinajstić information content (AvgIpc) is 3.17. The largest absolute Gasteiger partial charge is 0.368 e. The Morgan fingerprint density at radius 2 is 2.17 bits per heavy atom. The summed E-state index contributed by atoms with van der Waals surface area (Å²) in [4.78, 5) is 35.3. The summed E-state index contributed by atoms with van der Waals surface area (Å²) in [5, 5.41) is 14.3. The first kappa shape index (κ1) is 17.9. The predicted molar refractivity (Wildman–Crippen MR) is 90.4 cm³/mol. The highest BCUT2D eigenvalue weighted by atomic mass is 32.2. The van der Waals surface area contributed by atoms with Gasteiger partial charge in [0.2, 0.25) is 11.8 Å². The van der Waals surface area contributed by atoms with Gasteiger partial charge in [0.05, 0.1) is 10.1 Å². The van der Waals surface area contributed by atoms with Gasteiger partial charge in [-0.15, -0.1) is 21.5 Å². The Bertz CT molecular complexity index is 743. The van der Waals surface area contributed by atoms with Crippen LogP contribution in [0.1, 0.15) is 6.92 Å². The van der Waals surface area contributed by atoms with Gasteiger partial charge in [-0.2, -0.15) is 0 Å². The van der Waals surface area contributed by atoms with Crippen LogP contribution in [-0.2, 0) is 16.1 Å². The highest BCUT2D eigenvalue weighted by Crippen LogP contribution is 2.29. The van der Waals surface area contributed by atoms with Crippen LogP contribution < -0.4 is 16.4 Å². The summed E-state index contributed by atoms with van der Waals surface area (Å²) >= 11 is 2.54. The fourth-order valence-corrected chi connectivity index (χ4v) is 3.32. The summed E-state index contributed by atoms with van der Waals surface area (Å²) in [5.74, 6) is -0.521. The SMILES string of the molecule is CNC(=O)NC(=O)[C@H](C)Sc1nnc(-c2cccs2)n1CC(N)=O. The molecule has 2 aromatic heterocycles. The monoisotopic (exact) mass is 368 g/mol. The minimum absolute atomic E-state index is 0.105. The van der Waals surface area contributed by atoms with E-state index in [1.54, 1.807) is 11.5 Å². The van der Waals surface area contributed by atoms with Crippen molar-refractivity contribution in [3.63, 3.8) is 0 Å². The van der Waals surface area contributed by atoms with Gasteiger partial charge in [-0.3, -0.25) is 19.5 Å². The van der Waals surface area contributed by atoms with Gasteiger partial charge in [-0.1, -0.05) is 17.8 Å². The first-order chi connectivity index (χ1) is 11.4. The average molecular weight is 368 g/mol. The molecule has 2 heterocycles. The van der Waals surface area contributed by atoms with Gasteiger partial charge < -0.3 is 11.1 Å². The third kappa shape index (κ3) is 4.32. The summed E-state index contributed by atoms with van der Waals surface area (Å²) in [7, 11) is 1.41. The van der Waals surface area contributed by atoms with Crippen molar-refractivity contribution in [2.75, 3.05) is 7.05 Å². The number of primary amides is 1. The van der Waals surface area contributed by atoms with Crippen LogP contribution in [0, 0.1) is 0 Å². The molecule has 0 saturated carbocycles. The number of imide groups is 1. The molecule has 128 valence electrons. The zero-order valence-corrected chi connectivity index (χ0v) is 14.6. The number of amides is 4. The Morgan fingerprint density at radius 1 is 1.42 bits per heavy atom. The molecule has 9 nitrogen and oxygen atoms in total. The molecule has 0 radical (unpaired) electrons. The number of aromatic nitrogens is 3. The fourth-order valence-electron chi connectivity index (χ4n) is 1.75. The zero-order valence-electron chi connectivity index (χ0n) is 13.0. The van der Waals surface area contributed by atoms with Gasteiger partial charge in [0, 0.05) is 7.05 Å². The van der Waals surface area contributed by atoms with E-state index in [1.807, 2.05) is 17.5 Å². The van der Waals surface area contributed by atoms with E-state index in [9.17, 15) is 14.4 Å². The van der Waals surface area contributed by atoms with Gasteiger partial charge >= 0.3 is 6.03 Å². The minimum atomic E-state index is -0.616. The van der Waals surface area contributed by atoms with Crippen LogP contribution in [0.5, 0.6) is 0 Å². The van der Waals surface area contributed by atoms with E-state index in [-0.39, 0.29) is 6.54 Å². The van der Waals surface area contributed by atoms with Gasteiger partial charge in [-0.05, 0) is 18.4 Å². The Labute approximate surface area is 146 Å². The number of thiophene rings is 1. The minimum Gasteiger partial charge on any atom is -0.368 e. The van der Waals surface area contributed by atoms with Gasteiger partial charge in [0.15, 0.2) is 11.0 Å². The molecule has 24 heavy (non-hydrogen) atoms. The quantitative estimate of drug-likeness (QED) is 0.634. The molecule has 2 aromatic rings. The molecular formula is C13H16N6O3S2. The van der Waals surface area contributed by atoms with E-state index in [0.29, 0.717) is 11.0 Å². The fraction of sp³-hybridized carbons (Fsp3) is 0.308. The lowest BCUT2D eigenvalue weighted by atomic mass is 10.4. The lowest BCUT2D eigenvalue weighted by Gasteiger charge is -2.11. The number of carbonyl (C=O) groups excluding carboxylic acids is 3. The van der Waals surface area contributed by atoms with Crippen LogP contribution in [0.4, 0.5) is 4.79 Å². The van der Waals surface area contributed by atoms with Crippen molar-refractivity contribution in [1.82, 2.24) is 25.4 Å². The maximum Gasteiger partial charge on any atom is 0.321 e. The Balaban J connectivity index is 2.22. The van der Waals surface area contributed by atoms with Crippen LogP contribution in [0.25, 0.3) is 10.7 Å². The molecule has 0 aliphatic carbocycles. The van der Waals surface area contributed by atoms with Crippen molar-refractivity contribution in [2.24, 2.45) is 5.73 Å². The maximum atomic E-state index is 11.9. The van der Waals surface area contributed by atoms with Crippen molar-refractivity contribution in [3.05, 3.63) is 17.5 Å². The smallest absolute Gasteiger partial charge is 0.321 e. The number of carbonyl (C=O) groups is 3. The molecule has 2 rings (SSSR count). The van der Waals surface area contributed by atoms with Crippen molar-refractivity contribution in [3.8, 4) is 10.7 Å². The molecule has 4 amide bonds. The van der Waals surface area contributed by atoms with E-state index >= 15 is 0 Å². The summed E-state index contributed by atoms with van der Waals surface area (Å²) < 4.78 is 1.56. The lowest BCUT2D eigenvalue weighted by Crippen LogP contribution is -2.41. The van der Waals surface area contributed by atoms with E-state index in [1.165, 1.54) is 18.4 Å². The zero-order chi connectivity index (χ0) is 17.7. The molecule has 0 spiro atoms. The molecule has 0 bridgehead atoms. The van der Waals surface area contributed by atoms with Gasteiger partial charge in [-0.25, -0.2) is 4.79 Å². The second kappa shape index (κ2) is 7.93. The summed E-state index contributed by atoms with van der Waals surface area (Å²) in [6.07, 6.45) is 0. The number of hydrogen-bond acceptors (Lipinski definition) is 7. The molecule has 0 aliphatic heterocycles. The predicted octanol–water partition coefficient (Wildman–Crippen LogP) is 0.428. The van der Waals surface area contributed by atoms with Crippen LogP contribution in [-0.4, -0.2) is 44.9 Å². The van der Waals surface area contributed by atoms with Gasteiger partial charge in [0.1, 0.15) is 6.54 Å². The second-order valence-corrected chi connectivity index (χ2v) is 6.92. The van der Waals surface area contributed by atoms with E-state index in [4.69, 9.17) is 5.73 Å². The third-order valence-corrected chi connectivity index (χ3v) is 4.83. The van der Waals surface area contributed by atoms with Crippen molar-refractivity contribution in [2.45, 2.75) is 23.9 Å². The van der Waals surface area contributed by atoms with Crippen molar-refractivity contribution in [1.29, 1.82) is 0 Å². The maximum absolute atomic E-state index is 11.9. The Kier molecular flexibility index (Phi) is 5.93. The standard InChI is InChI=1S/C13H16N6O3S2/c1-7(11(21)16-12(22)15-2)24-13-18-17-10(8-4-3-5-23-8)19(13)6-9(14)20/h3-5,7H,6H2,1-2H3,(H2,14,20)(H2,15,16,21,22)/t7-/m0/s1. The molecule has 0 fully saturated rings. The number of hydrogen-bond donors (Lipinski definition) is 3. The number of thioether (sulfide) groups is 1. The molecule has 0 aliphatic rings. The first-order valence-corrected chi connectivity index (χ1v) is 8.63. The summed E-state index contributed by atoms with van der Waals surface area (Å²) in [5.41, 5.74) is 5.30. The highest BCUT2D eigenvalue weighted by Gasteiger charge is 2.22. The van der Waals surface area contributed by atoms with Crippen LogP contribution >= 0.6 is 23.1 Å². The molecule has 0 aromatic carbocycles. The molecule has 1 atom stereocenters. The molecule has 0 saturated heterocycles. The molecule has 4 N–H and O–H groups in total. The normalized spacial score (nSPS) is 11.8. The second-order valence-electron chi connectivity index (χ2n) is 4.66. The molecule has 11 heteroatoms. The topological polar surface area (TPSA) is 132 Å². The number of nitrogens with zero attached hydrogens (tertiary/aromatic N) is 3. The number of urea groups is 1. The van der Waals surface area contributed by atoms with Gasteiger partial charge in [0.25, 0.3) is 0 Å². The van der Waals surface area contributed by atoms with E-state index in [0.717, 1.165) is 16.6 Å². The summed E-state index contributed by atoms with van der Waals surface area (Å²) in [6, 6.07) is 3.11. The summed E-state index contributed by atoms with van der Waals surface area (Å²) in [6.45, 7) is 1.52. The Hall–Kier alpha value is -2.40. The highest BCUT2D eigenvalue weighted by molar-refractivity contribution is 8.00. The van der Waals surface area contributed by atoms with Crippen molar-refractivity contribution >= 4 is 40.9 Å². The Morgan fingerprint density at radius 3 is 2.75 bits per heavy atom. The number of rotatable bonds is 6. The van der Waals surface area contributed by atoms with Crippen molar-refractivity contribution < 1.29 is 14.4 Å². The number of nitrogens with two attached hydrogens (primary N) is 1. The molecule has 0 unspecified atom stereocenters. The number of nitrogens with one attached hydrogen (secondary N) is 2. The van der Waals surface area contributed by atoms with E-state index < -0.39 is 23.1 Å². The van der Waals surface area contributed by atoms with Crippen LogP contribution in [0.3, 0.4) is 0 Å². The lowest BCUT2D eigenvalue weighted by molar-refractivity contribution is -0.119. The first-order valence-electron chi connectivity index (χ1n) is 6.87. The van der Waals surface area contributed by atoms with E-state index in [2.05, 4.69) is 20.8 Å². The molecular weight excluding hydrogens is 352 g/mol. The third-order valence-electron chi connectivity index (χ3n) is 2.89.